The summed E-state index contributed by atoms with van der Waals surface area (Å²) in [5.74, 6) is -0.735. The summed E-state index contributed by atoms with van der Waals surface area (Å²) in [5, 5.41) is 4.05. The summed E-state index contributed by atoms with van der Waals surface area (Å²) in [7, 11) is 0. The standard InChI is InChI=1S/C28H30F2N6O2/c29-25-15-23(16-26(30)24(25)19-35-8-12-38-13-9-35)36-5-4-21-17-31-28(33-27(21)36)32-22-3-1-2-20(14-22)18-34-6-10-37-11-7-34/h1-5,14-17H,6-13,18-19H2,(H,31,32,33). The van der Waals surface area contributed by atoms with Crippen LogP contribution in [-0.4, -0.2) is 76.9 Å². The molecular formula is C28H30F2N6O2. The van der Waals surface area contributed by atoms with Gasteiger partial charge in [-0.05, 0) is 35.9 Å². The van der Waals surface area contributed by atoms with Crippen LogP contribution >= 0.6 is 0 Å². The number of nitrogens with one attached hydrogen (secondary N) is 1. The molecule has 0 spiro atoms. The quantitative estimate of drug-likeness (QED) is 0.394. The van der Waals surface area contributed by atoms with Gasteiger partial charge in [0.1, 0.15) is 17.3 Å². The van der Waals surface area contributed by atoms with Crippen LogP contribution in [0.2, 0.25) is 0 Å². The van der Waals surface area contributed by atoms with Crippen LogP contribution in [0, 0.1) is 11.6 Å². The molecule has 0 saturated carbocycles. The first-order chi connectivity index (χ1) is 18.6. The van der Waals surface area contributed by atoms with Crippen molar-refractivity contribution in [3.8, 4) is 5.69 Å². The van der Waals surface area contributed by atoms with E-state index in [1.165, 1.54) is 17.7 Å². The monoisotopic (exact) mass is 520 g/mol. The van der Waals surface area contributed by atoms with Gasteiger partial charge in [0.05, 0.1) is 32.1 Å². The number of hydrogen-bond acceptors (Lipinski definition) is 7. The minimum absolute atomic E-state index is 0.0704. The normalized spacial score (nSPS) is 17.2. The minimum atomic E-state index is -0.571. The number of halogens is 2. The first-order valence-electron chi connectivity index (χ1n) is 12.9. The number of ether oxygens (including phenoxy) is 2. The summed E-state index contributed by atoms with van der Waals surface area (Å²) < 4.78 is 42.6. The Kier molecular flexibility index (Phi) is 7.28. The third-order valence-corrected chi connectivity index (χ3v) is 7.01. The van der Waals surface area contributed by atoms with E-state index in [0.29, 0.717) is 43.6 Å². The number of morpholine rings is 2. The topological polar surface area (TPSA) is 67.7 Å². The van der Waals surface area contributed by atoms with Crippen LogP contribution < -0.4 is 5.32 Å². The lowest BCUT2D eigenvalue weighted by Crippen LogP contribution is -2.36. The maximum atomic E-state index is 15.1. The highest BCUT2D eigenvalue weighted by Crippen LogP contribution is 2.25. The van der Waals surface area contributed by atoms with Crippen LogP contribution in [0.15, 0.2) is 54.9 Å². The van der Waals surface area contributed by atoms with Crippen molar-refractivity contribution < 1.29 is 18.3 Å². The van der Waals surface area contributed by atoms with Crippen molar-refractivity contribution >= 4 is 22.7 Å². The Morgan fingerprint density at radius 1 is 0.842 bits per heavy atom. The van der Waals surface area contributed by atoms with Crippen LogP contribution in [0.5, 0.6) is 0 Å². The smallest absolute Gasteiger partial charge is 0.229 e. The van der Waals surface area contributed by atoms with Crippen molar-refractivity contribution in [3.63, 3.8) is 0 Å². The SMILES string of the molecule is Fc1cc(-n2ccc3cnc(Nc4cccc(CN5CCOCC5)c4)nc32)cc(F)c1CN1CCOCC1. The molecule has 1 N–H and O–H groups in total. The Morgan fingerprint density at radius 2 is 1.53 bits per heavy atom. The maximum absolute atomic E-state index is 15.1. The van der Waals surface area contributed by atoms with Gasteiger partial charge in [-0.2, -0.15) is 4.98 Å². The number of rotatable bonds is 7. The van der Waals surface area contributed by atoms with Gasteiger partial charge in [-0.25, -0.2) is 13.8 Å². The van der Waals surface area contributed by atoms with Gasteiger partial charge in [0.15, 0.2) is 0 Å². The van der Waals surface area contributed by atoms with E-state index < -0.39 is 11.6 Å². The van der Waals surface area contributed by atoms with Crippen LogP contribution in [0.3, 0.4) is 0 Å². The van der Waals surface area contributed by atoms with E-state index in [-0.39, 0.29) is 12.1 Å². The molecule has 6 rings (SSSR count). The lowest BCUT2D eigenvalue weighted by molar-refractivity contribution is 0.0332. The summed E-state index contributed by atoms with van der Waals surface area (Å²) in [6.45, 7) is 6.89. The molecule has 0 unspecified atom stereocenters. The van der Waals surface area contributed by atoms with Gasteiger partial charge in [-0.1, -0.05) is 12.1 Å². The molecule has 2 aromatic heterocycles. The molecule has 2 fully saturated rings. The number of anilines is 2. The fraction of sp³-hybridized carbons (Fsp3) is 0.357. The molecule has 0 amide bonds. The molecule has 8 nitrogen and oxygen atoms in total. The molecule has 0 bridgehead atoms. The highest BCUT2D eigenvalue weighted by molar-refractivity contribution is 5.78. The Bertz CT molecular complexity index is 1390. The van der Waals surface area contributed by atoms with Crippen molar-refractivity contribution in [1.82, 2.24) is 24.3 Å². The van der Waals surface area contributed by atoms with E-state index in [1.54, 1.807) is 17.0 Å². The number of benzene rings is 2. The molecule has 2 aliphatic rings. The number of aromatic nitrogens is 3. The number of fused-ring (bicyclic) bond motifs is 1. The average molecular weight is 521 g/mol. The lowest BCUT2D eigenvalue weighted by atomic mass is 10.1. The van der Waals surface area contributed by atoms with Gasteiger partial charge in [0.25, 0.3) is 0 Å². The third kappa shape index (κ3) is 5.53. The van der Waals surface area contributed by atoms with Gasteiger partial charge < -0.3 is 19.4 Å². The zero-order valence-corrected chi connectivity index (χ0v) is 21.1. The molecule has 10 heteroatoms. The van der Waals surface area contributed by atoms with Crippen LogP contribution in [0.4, 0.5) is 20.4 Å². The van der Waals surface area contributed by atoms with Crippen molar-refractivity contribution in [2.45, 2.75) is 13.1 Å². The van der Waals surface area contributed by atoms with Crippen LogP contribution in [-0.2, 0) is 22.6 Å². The zero-order chi connectivity index (χ0) is 25.9. The molecule has 4 heterocycles. The highest BCUT2D eigenvalue weighted by Gasteiger charge is 2.19. The second-order valence-corrected chi connectivity index (χ2v) is 9.65. The van der Waals surface area contributed by atoms with Crippen LogP contribution in [0.25, 0.3) is 16.7 Å². The molecular weight excluding hydrogens is 490 g/mol. The van der Waals surface area contributed by atoms with Gasteiger partial charge in [-0.3, -0.25) is 9.80 Å². The van der Waals surface area contributed by atoms with Crippen molar-refractivity contribution in [3.05, 3.63) is 77.6 Å². The second-order valence-electron chi connectivity index (χ2n) is 9.65. The number of hydrogen-bond donors (Lipinski definition) is 1. The van der Waals surface area contributed by atoms with E-state index in [2.05, 4.69) is 32.3 Å². The van der Waals surface area contributed by atoms with Gasteiger partial charge in [0.2, 0.25) is 5.95 Å². The maximum Gasteiger partial charge on any atom is 0.229 e. The van der Waals surface area contributed by atoms with E-state index in [0.717, 1.165) is 43.9 Å². The van der Waals surface area contributed by atoms with E-state index in [4.69, 9.17) is 9.47 Å². The summed E-state index contributed by atoms with van der Waals surface area (Å²) >= 11 is 0. The fourth-order valence-electron chi connectivity index (χ4n) is 4.94. The van der Waals surface area contributed by atoms with Crippen molar-refractivity contribution in [1.29, 1.82) is 0 Å². The van der Waals surface area contributed by atoms with Crippen LogP contribution in [0.1, 0.15) is 11.1 Å². The second kappa shape index (κ2) is 11.1. The molecule has 0 aliphatic carbocycles. The Morgan fingerprint density at radius 3 is 2.24 bits per heavy atom. The molecule has 2 saturated heterocycles. The average Bonchev–Trinajstić information content (AvgIpc) is 3.35. The van der Waals surface area contributed by atoms with Gasteiger partial charge in [-0.15, -0.1) is 0 Å². The fourth-order valence-corrected chi connectivity index (χ4v) is 4.94. The van der Waals surface area contributed by atoms with Gasteiger partial charge in [0, 0.05) is 68.3 Å². The Balaban J connectivity index is 1.22. The summed E-state index contributed by atoms with van der Waals surface area (Å²) in [4.78, 5) is 13.5. The largest absolute Gasteiger partial charge is 0.379 e. The van der Waals surface area contributed by atoms with E-state index in [1.807, 2.05) is 23.1 Å². The molecule has 0 radical (unpaired) electrons. The van der Waals surface area contributed by atoms with Gasteiger partial charge >= 0.3 is 0 Å². The molecule has 198 valence electrons. The molecule has 38 heavy (non-hydrogen) atoms. The minimum Gasteiger partial charge on any atom is -0.379 e. The Hall–Kier alpha value is -3.44. The highest BCUT2D eigenvalue weighted by atomic mass is 19.1. The predicted molar refractivity (Wildman–Crippen MR) is 141 cm³/mol. The summed E-state index contributed by atoms with van der Waals surface area (Å²) in [6, 6.07) is 12.7. The molecule has 2 aromatic carbocycles. The zero-order valence-electron chi connectivity index (χ0n) is 21.1. The summed E-state index contributed by atoms with van der Waals surface area (Å²) in [6.07, 6.45) is 3.46. The first-order valence-corrected chi connectivity index (χ1v) is 12.9. The molecule has 2 aliphatic heterocycles. The van der Waals surface area contributed by atoms with Crippen molar-refractivity contribution in [2.24, 2.45) is 0 Å². The van der Waals surface area contributed by atoms with Crippen molar-refractivity contribution in [2.75, 3.05) is 57.9 Å². The third-order valence-electron chi connectivity index (χ3n) is 7.01. The lowest BCUT2D eigenvalue weighted by Gasteiger charge is -2.27. The molecule has 4 aromatic rings. The summed E-state index contributed by atoms with van der Waals surface area (Å²) in [5.41, 5.74) is 3.06. The van der Waals surface area contributed by atoms with E-state index in [9.17, 15) is 0 Å². The van der Waals surface area contributed by atoms with E-state index >= 15 is 8.78 Å². The predicted octanol–water partition coefficient (Wildman–Crippen LogP) is 4.11. The molecule has 0 atom stereocenters. The first kappa shape index (κ1) is 24.9. The Labute approximate surface area is 219 Å². The number of nitrogens with zero attached hydrogens (tertiary/aromatic N) is 5.